The van der Waals surface area contributed by atoms with Crippen LogP contribution in [-0.4, -0.2) is 83.0 Å². The number of hydrogen-bond acceptors (Lipinski definition) is 11. The zero-order chi connectivity index (χ0) is 40.3. The van der Waals surface area contributed by atoms with Crippen LogP contribution in [0.4, 0.5) is 0 Å². The van der Waals surface area contributed by atoms with Crippen LogP contribution in [0.1, 0.15) is 116 Å². The zero-order valence-corrected chi connectivity index (χ0v) is 34.2. The van der Waals surface area contributed by atoms with Gasteiger partial charge in [0.05, 0.1) is 47.7 Å². The van der Waals surface area contributed by atoms with Crippen LogP contribution in [0.25, 0.3) is 11.0 Å². The summed E-state index contributed by atoms with van der Waals surface area (Å²) in [7, 11) is -2.38. The number of ether oxygens (including phenoxy) is 3. The Bertz CT molecular complexity index is 2080. The number of para-hydroxylation sites is 1. The zero-order valence-electron chi connectivity index (χ0n) is 33.4. The number of carbonyl (C=O) groups excluding carboxylic acids is 4. The topological polar surface area (TPSA) is 171 Å². The normalized spacial score (nSPS) is 32.8. The quantitative estimate of drug-likeness (QED) is 0.241. The fraction of sp³-hybridized carbons (Fsp3) is 0.674. The number of fused-ring (bicyclic) bond motifs is 5. The van der Waals surface area contributed by atoms with Crippen molar-refractivity contribution in [2.24, 2.45) is 29.1 Å². The first-order chi connectivity index (χ1) is 27.2. The van der Waals surface area contributed by atoms with E-state index in [2.05, 4.69) is 11.3 Å². The second-order valence-corrected chi connectivity index (χ2v) is 20.4. The fourth-order valence-corrected chi connectivity index (χ4v) is 11.2. The Morgan fingerprint density at radius 3 is 2.51 bits per heavy atom. The summed E-state index contributed by atoms with van der Waals surface area (Å²) >= 11 is 0. The Kier molecular flexibility index (Phi) is 10.4. The molecule has 2 aliphatic heterocycles. The van der Waals surface area contributed by atoms with Gasteiger partial charge in [-0.15, -0.1) is 6.58 Å². The molecule has 57 heavy (non-hydrogen) atoms. The van der Waals surface area contributed by atoms with Gasteiger partial charge in [0.1, 0.15) is 28.7 Å². The van der Waals surface area contributed by atoms with E-state index >= 15 is 0 Å². The van der Waals surface area contributed by atoms with Crippen molar-refractivity contribution in [2.75, 3.05) is 13.7 Å². The lowest BCUT2D eigenvalue weighted by atomic mass is 9.86. The molecular weight excluding hydrogens is 749 g/mol. The first-order valence-corrected chi connectivity index (χ1v) is 22.4. The summed E-state index contributed by atoms with van der Waals surface area (Å²) in [4.78, 5) is 68.6. The van der Waals surface area contributed by atoms with E-state index in [-0.39, 0.29) is 61.7 Å². The molecule has 1 saturated heterocycles. The third-order valence-corrected chi connectivity index (χ3v) is 16.3. The SMILES string of the molecule is C=C[C@@H]1C[C@]1(CC(=O)[C@@H]1C[C@@H]2CN1C(=O)[C@H](C1CCCC1)CC(=O)O[C@@]1(C)C[C@@H]1CCCCCc1nc3cccc(OC)c3nc1O2)C(=O)NS(=O)(=O)C1(C)CC1. The minimum absolute atomic E-state index is 0.0423. The number of sulfonamides is 1. The molecule has 2 amide bonds. The molecule has 8 rings (SSSR count). The summed E-state index contributed by atoms with van der Waals surface area (Å²) in [5, 5.41) is 0. The molecule has 4 saturated carbocycles. The highest BCUT2D eigenvalue weighted by Gasteiger charge is 2.63. The smallest absolute Gasteiger partial charge is 0.307 e. The summed E-state index contributed by atoms with van der Waals surface area (Å²) in [6.07, 6.45) is 10.5. The first kappa shape index (κ1) is 39.7. The number of methoxy groups -OCH3 is 1. The standard InChI is InChI=1S/C43H56N4O9S/c1-5-27-23-43(27,40(51)46-57(52,53)41(2)18-19-41)24-34(48)33-20-29-25-47(33)39(50)30(26-12-9-10-13-26)21-36(49)56-42(3)22-28(42)14-7-6-8-15-32-38(55-29)45-37-31(44-32)16-11-17-35(37)54-4/h5,11,16-17,26-30,33H,1,6-10,12-15,18-25H2,2-4H3,(H,46,51)/t27-,28+,29-,30+,33+,42+,43-/m1/s1. The molecule has 5 fully saturated rings. The van der Waals surface area contributed by atoms with E-state index in [9.17, 15) is 27.6 Å². The van der Waals surface area contributed by atoms with Gasteiger partial charge in [-0.25, -0.2) is 18.4 Å². The molecule has 0 unspecified atom stereocenters. The Labute approximate surface area is 335 Å². The molecule has 6 aliphatic rings. The molecule has 2 bridgehead atoms. The number of amides is 2. The first-order valence-electron chi connectivity index (χ1n) is 20.9. The van der Waals surface area contributed by atoms with E-state index in [0.29, 0.717) is 47.6 Å². The summed E-state index contributed by atoms with van der Waals surface area (Å²) in [5.74, 6) is -1.74. The highest BCUT2D eigenvalue weighted by molar-refractivity contribution is 7.91. The Morgan fingerprint density at radius 2 is 1.81 bits per heavy atom. The number of benzene rings is 1. The number of rotatable bonds is 9. The molecule has 0 radical (unpaired) electrons. The van der Waals surface area contributed by atoms with Crippen molar-refractivity contribution in [1.82, 2.24) is 19.6 Å². The van der Waals surface area contributed by atoms with Crippen LogP contribution in [0.3, 0.4) is 0 Å². The lowest BCUT2D eigenvalue weighted by Gasteiger charge is -2.31. The van der Waals surface area contributed by atoms with Gasteiger partial charge >= 0.3 is 5.97 Å². The Balaban J connectivity index is 1.13. The monoisotopic (exact) mass is 804 g/mol. The molecule has 2 aromatic rings. The number of Topliss-reactive ketones (excluding diaryl/α,β-unsaturated/α-hetero) is 1. The number of hydrogen-bond donors (Lipinski definition) is 1. The lowest BCUT2D eigenvalue weighted by molar-refractivity contribution is -0.157. The Hall–Kier alpha value is -4.07. The van der Waals surface area contributed by atoms with Gasteiger partial charge < -0.3 is 19.1 Å². The molecule has 308 valence electrons. The van der Waals surface area contributed by atoms with E-state index in [1.807, 2.05) is 25.1 Å². The largest absolute Gasteiger partial charge is 0.494 e. The third kappa shape index (κ3) is 7.67. The van der Waals surface area contributed by atoms with E-state index in [0.717, 1.165) is 57.8 Å². The van der Waals surface area contributed by atoms with Gasteiger partial charge in [0, 0.05) is 18.8 Å². The van der Waals surface area contributed by atoms with Crippen LogP contribution < -0.4 is 14.2 Å². The molecule has 13 nitrogen and oxygen atoms in total. The van der Waals surface area contributed by atoms with Crippen molar-refractivity contribution in [1.29, 1.82) is 0 Å². The van der Waals surface area contributed by atoms with Crippen LogP contribution in [0.5, 0.6) is 11.6 Å². The number of nitrogens with one attached hydrogen (secondary N) is 1. The maximum atomic E-state index is 15.0. The Morgan fingerprint density at radius 1 is 1.05 bits per heavy atom. The molecule has 1 N–H and O–H groups in total. The molecule has 0 spiro atoms. The van der Waals surface area contributed by atoms with Crippen molar-refractivity contribution in [3.05, 3.63) is 36.5 Å². The van der Waals surface area contributed by atoms with Crippen LogP contribution in [0.2, 0.25) is 0 Å². The predicted molar refractivity (Wildman–Crippen MR) is 211 cm³/mol. The average Bonchev–Trinajstić information content (AvgIpc) is 4.09. The van der Waals surface area contributed by atoms with Gasteiger partial charge in [0.15, 0.2) is 5.78 Å². The van der Waals surface area contributed by atoms with Gasteiger partial charge in [-0.2, -0.15) is 0 Å². The minimum Gasteiger partial charge on any atom is -0.494 e. The fourth-order valence-electron chi connectivity index (χ4n) is 9.82. The van der Waals surface area contributed by atoms with Crippen molar-refractivity contribution < 1.29 is 41.8 Å². The number of esters is 1. The van der Waals surface area contributed by atoms with Gasteiger partial charge in [0.25, 0.3) is 0 Å². The maximum Gasteiger partial charge on any atom is 0.307 e. The predicted octanol–water partition coefficient (Wildman–Crippen LogP) is 5.77. The van der Waals surface area contributed by atoms with Gasteiger partial charge in [-0.05, 0) is 95.6 Å². The van der Waals surface area contributed by atoms with Gasteiger partial charge in [-0.3, -0.25) is 23.9 Å². The summed E-state index contributed by atoms with van der Waals surface area (Å²) in [6.45, 7) is 7.53. The average molecular weight is 805 g/mol. The van der Waals surface area contributed by atoms with Crippen LogP contribution in [-0.2, 0) is 40.4 Å². The number of allylic oxidation sites excluding steroid dienone is 1. The molecule has 1 aromatic heterocycles. The number of aromatic nitrogens is 2. The summed E-state index contributed by atoms with van der Waals surface area (Å²) in [6, 6.07) is 4.59. The van der Waals surface area contributed by atoms with Gasteiger partial charge in [0.2, 0.25) is 27.7 Å². The minimum atomic E-state index is -3.95. The van der Waals surface area contributed by atoms with E-state index in [4.69, 9.17) is 24.2 Å². The van der Waals surface area contributed by atoms with E-state index in [1.165, 1.54) is 0 Å². The summed E-state index contributed by atoms with van der Waals surface area (Å²) < 4.78 is 46.0. The number of ketones is 1. The van der Waals surface area contributed by atoms with Crippen molar-refractivity contribution in [2.45, 2.75) is 139 Å². The molecule has 4 aliphatic carbocycles. The number of nitrogens with zero attached hydrogens (tertiary/aromatic N) is 3. The lowest BCUT2D eigenvalue weighted by Crippen LogP contribution is -2.48. The molecule has 14 heteroatoms. The highest BCUT2D eigenvalue weighted by atomic mass is 32.2. The molecule has 1 aromatic carbocycles. The molecule has 7 atom stereocenters. The second kappa shape index (κ2) is 14.9. The maximum absolute atomic E-state index is 15.0. The van der Waals surface area contributed by atoms with Gasteiger partial charge in [-0.1, -0.05) is 37.8 Å². The van der Waals surface area contributed by atoms with Crippen molar-refractivity contribution in [3.63, 3.8) is 0 Å². The summed E-state index contributed by atoms with van der Waals surface area (Å²) in [5.41, 5.74) is 0.0619. The number of carbonyl (C=O) groups is 4. The highest BCUT2D eigenvalue weighted by Crippen LogP contribution is 2.57. The van der Waals surface area contributed by atoms with E-state index < -0.39 is 55.7 Å². The van der Waals surface area contributed by atoms with Crippen molar-refractivity contribution >= 4 is 44.6 Å². The van der Waals surface area contributed by atoms with Crippen molar-refractivity contribution in [3.8, 4) is 11.6 Å². The molecule has 3 heterocycles. The molecular formula is C43H56N4O9S. The van der Waals surface area contributed by atoms with Crippen LogP contribution in [0, 0.1) is 29.1 Å². The second-order valence-electron chi connectivity index (χ2n) is 18.2. The van der Waals surface area contributed by atoms with E-state index in [1.54, 1.807) is 25.0 Å². The number of aryl methyl sites for hydroxylation is 1. The van der Waals surface area contributed by atoms with Crippen LogP contribution in [0.15, 0.2) is 30.9 Å². The third-order valence-electron chi connectivity index (χ3n) is 14.1. The van der Waals surface area contributed by atoms with Crippen LogP contribution >= 0.6 is 0 Å².